The molecule has 6 aromatic rings. The van der Waals surface area contributed by atoms with E-state index in [2.05, 4.69) is 26.3 Å². The Balaban J connectivity index is 0.000000388. The number of nitrogens with zero attached hydrogens (tertiary/aromatic N) is 2. The van der Waals surface area contributed by atoms with Crippen molar-refractivity contribution >= 4 is 48.7 Å². The molecule has 0 spiro atoms. The molecule has 334 valence electrons. The molecule has 0 saturated carbocycles. The Labute approximate surface area is 373 Å². The van der Waals surface area contributed by atoms with Crippen LogP contribution in [-0.4, -0.2) is 79.1 Å². The number of benzene rings is 4. The average Bonchev–Trinajstić information content (AvgIpc) is 3.92. The van der Waals surface area contributed by atoms with Gasteiger partial charge in [0.05, 0.1) is 38.4 Å². The molecular weight excluding hydrogens is 826 g/mol. The molecule has 1 unspecified atom stereocenters. The van der Waals surface area contributed by atoms with Crippen LogP contribution in [0.15, 0.2) is 103 Å². The van der Waals surface area contributed by atoms with Crippen molar-refractivity contribution in [3.05, 3.63) is 136 Å². The summed E-state index contributed by atoms with van der Waals surface area (Å²) < 4.78 is 14.9. The van der Waals surface area contributed by atoms with Crippen molar-refractivity contribution in [1.29, 1.82) is 0 Å². The van der Waals surface area contributed by atoms with Gasteiger partial charge in [0, 0.05) is 57.6 Å². The van der Waals surface area contributed by atoms with E-state index < -0.39 is 17.8 Å². The SMILES string of the molecule is C=O.C=O.CN.CNc1ccc(-n2c(CCC(=O)O)ccc2-c2ccc(Cl)cc2OC)c(C)c1.COc1ccc(-c2ccc(C(C)CC(=O)O)n2-c2ccc(C(N)=O)cc2C)cc1. The fourth-order valence-corrected chi connectivity index (χ4v) is 7.02. The minimum atomic E-state index is -0.850. The summed E-state index contributed by atoms with van der Waals surface area (Å²) in [6.07, 6.45) is 0.512. The van der Waals surface area contributed by atoms with Crippen molar-refractivity contribution in [3.8, 4) is 45.4 Å². The van der Waals surface area contributed by atoms with Crippen LogP contribution in [0.3, 0.4) is 0 Å². The van der Waals surface area contributed by atoms with Crippen molar-refractivity contribution in [2.24, 2.45) is 11.5 Å². The summed E-state index contributed by atoms with van der Waals surface area (Å²) in [5.41, 5.74) is 20.7. The van der Waals surface area contributed by atoms with E-state index >= 15 is 0 Å². The highest BCUT2D eigenvalue weighted by atomic mass is 35.5. The topological polar surface area (TPSA) is 218 Å². The number of hydrogen-bond acceptors (Lipinski definition) is 9. The Kier molecular flexibility index (Phi) is 21.1. The van der Waals surface area contributed by atoms with Gasteiger partial charge in [-0.25, -0.2) is 0 Å². The summed E-state index contributed by atoms with van der Waals surface area (Å²) in [6, 6.07) is 32.5. The fraction of sp³-hybridized carbons (Fsp3) is 0.229. The molecule has 0 radical (unpaired) electrons. The van der Waals surface area contributed by atoms with E-state index in [1.807, 2.05) is 120 Å². The zero-order chi connectivity index (χ0) is 47.4. The lowest BCUT2D eigenvalue weighted by Gasteiger charge is -2.20. The molecule has 1 amide bonds. The second kappa shape index (κ2) is 25.6. The Morgan fingerprint density at radius 1 is 0.746 bits per heavy atom. The molecule has 4 aromatic carbocycles. The van der Waals surface area contributed by atoms with Crippen LogP contribution in [-0.2, 0) is 25.6 Å². The van der Waals surface area contributed by atoms with Gasteiger partial charge in [-0.2, -0.15) is 0 Å². The maximum atomic E-state index is 11.5. The highest BCUT2D eigenvalue weighted by Gasteiger charge is 2.21. The number of carbonyl (C=O) groups is 5. The van der Waals surface area contributed by atoms with Crippen LogP contribution in [0, 0.1) is 13.8 Å². The number of nitrogens with one attached hydrogen (secondary N) is 1. The van der Waals surface area contributed by atoms with E-state index in [0.717, 1.165) is 67.8 Å². The number of halogens is 1. The fourth-order valence-electron chi connectivity index (χ4n) is 6.86. The molecule has 0 aliphatic rings. The van der Waals surface area contributed by atoms with Crippen LogP contribution in [0.4, 0.5) is 5.69 Å². The largest absolute Gasteiger partial charge is 0.497 e. The zero-order valence-corrected chi connectivity index (χ0v) is 37.4. The lowest BCUT2D eigenvalue weighted by molar-refractivity contribution is -0.138. The first-order valence-electron chi connectivity index (χ1n) is 19.5. The van der Waals surface area contributed by atoms with Crippen molar-refractivity contribution < 1.29 is 43.7 Å². The van der Waals surface area contributed by atoms with Crippen LogP contribution in [0.25, 0.3) is 33.9 Å². The number of aryl methyl sites for hydroxylation is 3. The van der Waals surface area contributed by atoms with Gasteiger partial charge in [-0.1, -0.05) is 18.5 Å². The summed E-state index contributed by atoms with van der Waals surface area (Å²) in [5.74, 6) is -0.927. The van der Waals surface area contributed by atoms with E-state index in [9.17, 15) is 19.5 Å². The molecular formula is C48H56ClN5O9. The van der Waals surface area contributed by atoms with Crippen LogP contribution >= 0.6 is 11.6 Å². The Morgan fingerprint density at radius 3 is 1.89 bits per heavy atom. The summed E-state index contributed by atoms with van der Waals surface area (Å²) in [7, 11) is 6.61. The molecule has 63 heavy (non-hydrogen) atoms. The quantitative estimate of drug-likeness (QED) is 0.0698. The third-order valence-electron chi connectivity index (χ3n) is 9.73. The van der Waals surface area contributed by atoms with E-state index in [-0.39, 0.29) is 18.8 Å². The predicted molar refractivity (Wildman–Crippen MR) is 249 cm³/mol. The lowest BCUT2D eigenvalue weighted by atomic mass is 10.0. The van der Waals surface area contributed by atoms with Crippen LogP contribution in [0.5, 0.6) is 11.5 Å². The number of nitrogens with two attached hydrogens (primary N) is 2. The van der Waals surface area contributed by atoms with Gasteiger partial charge in [0.2, 0.25) is 5.91 Å². The Hall–Kier alpha value is -7.16. The van der Waals surface area contributed by atoms with E-state index in [0.29, 0.717) is 22.8 Å². The number of carboxylic acids is 2. The highest BCUT2D eigenvalue weighted by Crippen LogP contribution is 2.37. The number of carbonyl (C=O) groups excluding carboxylic acids is 3. The lowest BCUT2D eigenvalue weighted by Crippen LogP contribution is -2.13. The smallest absolute Gasteiger partial charge is 0.304 e. The maximum absolute atomic E-state index is 11.5. The minimum Gasteiger partial charge on any atom is -0.497 e. The summed E-state index contributed by atoms with van der Waals surface area (Å²) >= 11 is 6.13. The molecule has 14 nitrogen and oxygen atoms in total. The van der Waals surface area contributed by atoms with Gasteiger partial charge in [0.1, 0.15) is 25.1 Å². The molecule has 6 rings (SSSR count). The van der Waals surface area contributed by atoms with Crippen LogP contribution in [0.1, 0.15) is 58.6 Å². The molecule has 2 aromatic heterocycles. The van der Waals surface area contributed by atoms with Gasteiger partial charge < -0.3 is 55.2 Å². The van der Waals surface area contributed by atoms with Crippen LogP contribution < -0.4 is 26.3 Å². The van der Waals surface area contributed by atoms with Gasteiger partial charge >= 0.3 is 11.9 Å². The van der Waals surface area contributed by atoms with Crippen molar-refractivity contribution in [3.63, 3.8) is 0 Å². The average molecular weight is 882 g/mol. The monoisotopic (exact) mass is 881 g/mol. The summed E-state index contributed by atoms with van der Waals surface area (Å²) in [4.78, 5) is 50.0. The molecule has 0 fully saturated rings. The van der Waals surface area contributed by atoms with E-state index in [1.54, 1.807) is 32.4 Å². The number of carboxylic acid groups (broad SMARTS) is 2. The number of anilines is 1. The Bertz CT molecular complexity index is 2440. The van der Waals surface area contributed by atoms with Gasteiger partial charge in [-0.05, 0) is 147 Å². The van der Waals surface area contributed by atoms with Gasteiger partial charge in [0.15, 0.2) is 0 Å². The molecule has 0 aliphatic carbocycles. The normalized spacial score (nSPS) is 10.4. The molecule has 0 saturated heterocycles. The highest BCUT2D eigenvalue weighted by molar-refractivity contribution is 6.30. The van der Waals surface area contributed by atoms with Crippen molar-refractivity contribution in [2.75, 3.05) is 33.6 Å². The predicted octanol–water partition coefficient (Wildman–Crippen LogP) is 8.52. The number of amides is 1. The molecule has 7 N–H and O–H groups in total. The third-order valence-corrected chi connectivity index (χ3v) is 9.96. The second-order valence-electron chi connectivity index (χ2n) is 13.6. The number of ether oxygens (including phenoxy) is 2. The first kappa shape index (κ1) is 52.0. The molecule has 1 atom stereocenters. The Morgan fingerprint density at radius 2 is 1.35 bits per heavy atom. The number of aliphatic carboxylic acids is 2. The first-order chi connectivity index (χ1) is 30.3. The zero-order valence-electron chi connectivity index (χ0n) is 36.6. The van der Waals surface area contributed by atoms with Gasteiger partial charge in [-0.15, -0.1) is 0 Å². The minimum absolute atomic E-state index is 0.0183. The van der Waals surface area contributed by atoms with Crippen LogP contribution in [0.2, 0.25) is 5.02 Å². The van der Waals surface area contributed by atoms with Crippen molar-refractivity contribution in [1.82, 2.24) is 9.13 Å². The number of rotatable bonds is 14. The molecule has 0 aliphatic heterocycles. The molecule has 2 heterocycles. The molecule has 0 bridgehead atoms. The third kappa shape index (κ3) is 13.4. The summed E-state index contributed by atoms with van der Waals surface area (Å²) in [5, 5.41) is 22.1. The van der Waals surface area contributed by atoms with E-state index in [4.69, 9.17) is 41.5 Å². The second-order valence-corrected chi connectivity index (χ2v) is 14.0. The van der Waals surface area contributed by atoms with E-state index in [1.165, 1.54) is 7.05 Å². The van der Waals surface area contributed by atoms with Gasteiger partial charge in [-0.3, -0.25) is 14.4 Å². The standard InChI is InChI=1S/C23H24N2O4.C22H23ClN2O3.CH5N.2CH2O/c1-14-12-17(23(24)28)6-9-19(14)25-20(15(2)13-22(26)27)10-11-21(25)16-4-7-18(29-3)8-5-16;1-14-12-16(24-2)5-9-19(14)25-17(7-11-22(26)27)6-10-20(25)18-8-4-15(23)13-21(18)28-3;3*1-2/h4-12,15H,13H2,1-3H3,(H2,24,28)(H,26,27);4-6,8-10,12-13,24H,7,11H2,1-3H3,(H,26,27);2H2,1H3;2*1H2. The number of aromatic nitrogens is 2. The number of hydrogen-bond donors (Lipinski definition) is 5. The first-order valence-corrected chi connectivity index (χ1v) is 19.8. The number of methoxy groups -OCH3 is 2. The van der Waals surface area contributed by atoms with Gasteiger partial charge in [0.25, 0.3) is 0 Å². The summed E-state index contributed by atoms with van der Waals surface area (Å²) in [6.45, 7) is 9.84. The maximum Gasteiger partial charge on any atom is 0.304 e. The number of primary amides is 1. The molecule has 15 heteroatoms. The van der Waals surface area contributed by atoms with Crippen molar-refractivity contribution in [2.45, 2.75) is 46.0 Å².